The molecule has 0 heterocycles. The van der Waals surface area contributed by atoms with Gasteiger partial charge in [-0.15, -0.1) is 0 Å². The van der Waals surface area contributed by atoms with Gasteiger partial charge in [0, 0.05) is 11.4 Å². The maximum atomic E-state index is 11.8. The predicted molar refractivity (Wildman–Crippen MR) is 90.7 cm³/mol. The number of carbonyl (C=O) groups excluding carboxylic acids is 1. The third-order valence-corrected chi connectivity index (χ3v) is 3.79. The number of hydrogen-bond donors (Lipinski definition) is 0. The van der Waals surface area contributed by atoms with Crippen LogP contribution in [0.3, 0.4) is 0 Å². The van der Waals surface area contributed by atoms with Gasteiger partial charge >= 0.3 is 5.97 Å². The first kappa shape index (κ1) is 16.8. The molecule has 0 saturated heterocycles. The molecule has 0 N–H and O–H groups in total. The number of ether oxygens (including phenoxy) is 2. The summed E-state index contributed by atoms with van der Waals surface area (Å²) < 4.78 is 11.6. The molecule has 0 amide bonds. The second kappa shape index (κ2) is 8.20. The van der Waals surface area contributed by atoms with Gasteiger partial charge in [0.2, 0.25) is 0 Å². The van der Waals surface area contributed by atoms with Crippen LogP contribution in [0.25, 0.3) is 0 Å². The number of carbonyl (C=O) groups is 1. The molecule has 5 heteroatoms. The second-order valence-corrected chi connectivity index (χ2v) is 6.10. The number of rotatable bonds is 6. The van der Waals surface area contributed by atoms with Crippen molar-refractivity contribution >= 4 is 33.5 Å². The van der Waals surface area contributed by atoms with Crippen LogP contribution in [-0.4, -0.2) is 12.6 Å². The van der Waals surface area contributed by atoms with E-state index in [0.29, 0.717) is 30.2 Å². The van der Waals surface area contributed by atoms with Crippen molar-refractivity contribution in [1.82, 2.24) is 0 Å². The molecule has 2 aromatic carbocycles. The van der Waals surface area contributed by atoms with Gasteiger partial charge in [-0.25, -0.2) is 0 Å². The zero-order chi connectivity index (χ0) is 15.9. The van der Waals surface area contributed by atoms with Crippen molar-refractivity contribution in [3.05, 3.63) is 57.5 Å². The fourth-order valence-corrected chi connectivity index (χ4v) is 2.50. The minimum Gasteiger partial charge on any atom is -0.494 e. The van der Waals surface area contributed by atoms with Crippen molar-refractivity contribution in [3.63, 3.8) is 0 Å². The average molecular weight is 384 g/mol. The molecule has 0 fully saturated rings. The highest BCUT2D eigenvalue weighted by atomic mass is 79.9. The lowest BCUT2D eigenvalue weighted by Crippen LogP contribution is -2.10. The fourth-order valence-electron chi connectivity index (χ4n) is 1.80. The standard InChI is InChI=1S/C17H16BrClO3/c1-12-4-9-16(15(18)11-12)22-17(20)3-2-10-21-14-7-5-13(19)6-8-14/h4-9,11H,2-3,10H2,1H3. The van der Waals surface area contributed by atoms with Gasteiger partial charge < -0.3 is 9.47 Å². The van der Waals surface area contributed by atoms with E-state index in [4.69, 9.17) is 21.1 Å². The van der Waals surface area contributed by atoms with E-state index in [-0.39, 0.29) is 5.97 Å². The molecule has 2 rings (SSSR count). The first-order valence-corrected chi connectivity index (χ1v) is 8.07. The molecule has 0 unspecified atom stereocenters. The van der Waals surface area contributed by atoms with Crippen LogP contribution in [0.5, 0.6) is 11.5 Å². The molecular weight excluding hydrogens is 368 g/mol. The summed E-state index contributed by atoms with van der Waals surface area (Å²) in [7, 11) is 0. The Labute approximate surface area is 143 Å². The van der Waals surface area contributed by atoms with Crippen LogP contribution in [0.15, 0.2) is 46.9 Å². The van der Waals surface area contributed by atoms with Crippen LogP contribution in [-0.2, 0) is 4.79 Å². The van der Waals surface area contributed by atoms with E-state index in [2.05, 4.69) is 15.9 Å². The van der Waals surface area contributed by atoms with E-state index in [1.54, 1.807) is 30.3 Å². The number of hydrogen-bond acceptors (Lipinski definition) is 3. The molecule has 2 aromatic rings. The maximum Gasteiger partial charge on any atom is 0.311 e. The molecule has 0 spiro atoms. The van der Waals surface area contributed by atoms with Gasteiger partial charge in [-0.05, 0) is 71.2 Å². The SMILES string of the molecule is Cc1ccc(OC(=O)CCCOc2ccc(Cl)cc2)c(Br)c1. The lowest BCUT2D eigenvalue weighted by atomic mass is 10.2. The highest BCUT2D eigenvalue weighted by Gasteiger charge is 2.08. The van der Waals surface area contributed by atoms with Crippen molar-refractivity contribution in [2.24, 2.45) is 0 Å². The van der Waals surface area contributed by atoms with Crippen molar-refractivity contribution in [2.75, 3.05) is 6.61 Å². The second-order valence-electron chi connectivity index (χ2n) is 4.81. The van der Waals surface area contributed by atoms with Crippen LogP contribution in [0.4, 0.5) is 0 Å². The van der Waals surface area contributed by atoms with Gasteiger partial charge in [-0.2, -0.15) is 0 Å². The maximum absolute atomic E-state index is 11.8. The summed E-state index contributed by atoms with van der Waals surface area (Å²) in [4.78, 5) is 11.8. The zero-order valence-electron chi connectivity index (χ0n) is 12.1. The van der Waals surface area contributed by atoms with E-state index in [1.807, 2.05) is 19.1 Å². The molecule has 0 saturated carbocycles. The topological polar surface area (TPSA) is 35.5 Å². The molecule has 0 aliphatic heterocycles. The first-order valence-electron chi connectivity index (χ1n) is 6.90. The largest absolute Gasteiger partial charge is 0.494 e. The summed E-state index contributed by atoms with van der Waals surface area (Å²) in [6, 6.07) is 12.7. The highest BCUT2D eigenvalue weighted by molar-refractivity contribution is 9.10. The Hall–Kier alpha value is -1.52. The monoisotopic (exact) mass is 382 g/mol. The summed E-state index contributed by atoms with van der Waals surface area (Å²) in [6.45, 7) is 2.43. The van der Waals surface area contributed by atoms with Crippen molar-refractivity contribution in [2.45, 2.75) is 19.8 Å². The van der Waals surface area contributed by atoms with Gasteiger partial charge in [0.1, 0.15) is 11.5 Å². The van der Waals surface area contributed by atoms with Gasteiger partial charge in [-0.1, -0.05) is 17.7 Å². The van der Waals surface area contributed by atoms with Crippen LogP contribution in [0.2, 0.25) is 5.02 Å². The number of halogens is 2. The summed E-state index contributed by atoms with van der Waals surface area (Å²) >= 11 is 9.17. The van der Waals surface area contributed by atoms with Gasteiger partial charge in [0.05, 0.1) is 11.1 Å². The minimum atomic E-state index is -0.274. The summed E-state index contributed by atoms with van der Waals surface area (Å²) in [5.74, 6) is 0.998. The third-order valence-electron chi connectivity index (χ3n) is 2.92. The number of aryl methyl sites for hydroxylation is 1. The van der Waals surface area contributed by atoms with Crippen LogP contribution < -0.4 is 9.47 Å². The number of esters is 1. The average Bonchev–Trinajstić information content (AvgIpc) is 2.48. The summed E-state index contributed by atoms with van der Waals surface area (Å²) in [5, 5.41) is 0.666. The lowest BCUT2D eigenvalue weighted by Gasteiger charge is -2.08. The highest BCUT2D eigenvalue weighted by Crippen LogP contribution is 2.26. The fraction of sp³-hybridized carbons (Fsp3) is 0.235. The quantitative estimate of drug-likeness (QED) is 0.392. The van der Waals surface area contributed by atoms with Crippen molar-refractivity contribution < 1.29 is 14.3 Å². The van der Waals surface area contributed by atoms with Gasteiger partial charge in [0.25, 0.3) is 0 Å². The predicted octanol–water partition coefficient (Wildman–Crippen LogP) is 5.18. The van der Waals surface area contributed by atoms with E-state index >= 15 is 0 Å². The van der Waals surface area contributed by atoms with Crippen LogP contribution >= 0.6 is 27.5 Å². The smallest absolute Gasteiger partial charge is 0.311 e. The third kappa shape index (κ3) is 5.35. The summed E-state index contributed by atoms with van der Waals surface area (Å²) in [6.07, 6.45) is 0.888. The summed E-state index contributed by atoms with van der Waals surface area (Å²) in [5.41, 5.74) is 1.10. The Kier molecular flexibility index (Phi) is 6.28. The minimum absolute atomic E-state index is 0.274. The number of benzene rings is 2. The zero-order valence-corrected chi connectivity index (χ0v) is 14.5. The molecule has 0 radical (unpaired) electrons. The van der Waals surface area contributed by atoms with Crippen LogP contribution in [0.1, 0.15) is 18.4 Å². The van der Waals surface area contributed by atoms with Crippen molar-refractivity contribution in [1.29, 1.82) is 0 Å². The first-order chi connectivity index (χ1) is 10.5. The van der Waals surface area contributed by atoms with E-state index < -0.39 is 0 Å². The van der Waals surface area contributed by atoms with Gasteiger partial charge in [0.15, 0.2) is 0 Å². The molecule has 116 valence electrons. The van der Waals surface area contributed by atoms with E-state index in [1.165, 1.54) is 0 Å². The Morgan fingerprint density at radius 2 is 1.91 bits per heavy atom. The molecular formula is C17H16BrClO3. The Balaban J connectivity index is 1.72. The molecule has 3 nitrogen and oxygen atoms in total. The normalized spacial score (nSPS) is 10.3. The molecule has 0 aliphatic carbocycles. The molecule has 0 bridgehead atoms. The Bertz CT molecular complexity index is 641. The van der Waals surface area contributed by atoms with Crippen LogP contribution in [0, 0.1) is 6.92 Å². The Morgan fingerprint density at radius 3 is 2.59 bits per heavy atom. The molecule has 0 atom stereocenters. The molecule has 0 aliphatic rings. The van der Waals surface area contributed by atoms with Crippen molar-refractivity contribution in [3.8, 4) is 11.5 Å². The Morgan fingerprint density at radius 1 is 1.18 bits per heavy atom. The van der Waals surface area contributed by atoms with Gasteiger partial charge in [-0.3, -0.25) is 4.79 Å². The van der Waals surface area contributed by atoms with E-state index in [9.17, 15) is 4.79 Å². The molecule has 0 aromatic heterocycles. The lowest BCUT2D eigenvalue weighted by molar-refractivity contribution is -0.134. The molecule has 22 heavy (non-hydrogen) atoms. The van der Waals surface area contributed by atoms with E-state index in [0.717, 1.165) is 15.8 Å².